The summed E-state index contributed by atoms with van der Waals surface area (Å²) in [4.78, 5) is 0. The van der Waals surface area contributed by atoms with Gasteiger partial charge in [-0.25, -0.2) is 0 Å². The Morgan fingerprint density at radius 2 is 1.70 bits per heavy atom. The van der Waals surface area contributed by atoms with E-state index in [9.17, 15) is 0 Å². The second-order valence-corrected chi connectivity index (χ2v) is 5.04. The van der Waals surface area contributed by atoms with Gasteiger partial charge in [-0.2, -0.15) is 0 Å². The Bertz CT molecular complexity index is 524. The summed E-state index contributed by atoms with van der Waals surface area (Å²) in [6.45, 7) is 4.41. The molecule has 20 heavy (non-hydrogen) atoms. The van der Waals surface area contributed by atoms with Crippen molar-refractivity contribution in [1.82, 2.24) is 5.32 Å². The van der Waals surface area contributed by atoms with Crippen molar-refractivity contribution in [3.63, 3.8) is 0 Å². The Morgan fingerprint density at radius 3 is 2.35 bits per heavy atom. The van der Waals surface area contributed by atoms with Gasteiger partial charge in [0.2, 0.25) is 0 Å². The van der Waals surface area contributed by atoms with Gasteiger partial charge in [-0.3, -0.25) is 0 Å². The maximum atomic E-state index is 5.29. The quantitative estimate of drug-likeness (QED) is 0.834. The predicted octanol–water partition coefficient (Wildman–Crippen LogP) is 4.50. The van der Waals surface area contributed by atoms with E-state index >= 15 is 0 Å². The largest absolute Gasteiger partial charge is 0.497 e. The Kier molecular flexibility index (Phi) is 5.19. The van der Waals surface area contributed by atoms with E-state index in [2.05, 4.69) is 61.6 Å². The lowest BCUT2D eigenvalue weighted by Gasteiger charge is -2.23. The van der Waals surface area contributed by atoms with E-state index in [0.29, 0.717) is 6.04 Å². The third-order valence-electron chi connectivity index (χ3n) is 3.66. The second-order valence-electron chi connectivity index (χ2n) is 5.04. The van der Waals surface area contributed by atoms with Gasteiger partial charge in [0, 0.05) is 12.1 Å². The molecule has 0 heterocycles. The second kappa shape index (κ2) is 7.11. The summed E-state index contributed by atoms with van der Waals surface area (Å²) in [6, 6.07) is 19.5. The topological polar surface area (TPSA) is 21.3 Å². The summed E-state index contributed by atoms with van der Waals surface area (Å²) >= 11 is 0. The monoisotopic (exact) mass is 269 g/mol. The standard InChI is InChI=1S/C18H23NO/c1-4-18(15-9-6-5-7-10-15)19-14(2)16-11-8-12-17(13-16)20-3/h5-14,18-19H,4H2,1-3H3/t14-,18?/m1/s1. The smallest absolute Gasteiger partial charge is 0.119 e. The minimum atomic E-state index is 0.287. The molecule has 2 aromatic rings. The van der Waals surface area contributed by atoms with Crippen LogP contribution in [0.2, 0.25) is 0 Å². The number of nitrogens with one attached hydrogen (secondary N) is 1. The van der Waals surface area contributed by atoms with Crippen LogP contribution in [0.25, 0.3) is 0 Å². The van der Waals surface area contributed by atoms with Crippen molar-refractivity contribution in [2.45, 2.75) is 32.4 Å². The van der Waals surface area contributed by atoms with Gasteiger partial charge in [-0.05, 0) is 36.6 Å². The van der Waals surface area contributed by atoms with Crippen LogP contribution in [0.5, 0.6) is 5.75 Å². The van der Waals surface area contributed by atoms with Gasteiger partial charge in [-0.1, -0.05) is 49.4 Å². The van der Waals surface area contributed by atoms with Crippen molar-refractivity contribution in [2.75, 3.05) is 7.11 Å². The molecule has 2 atom stereocenters. The third kappa shape index (κ3) is 3.61. The van der Waals surface area contributed by atoms with Crippen LogP contribution in [0.1, 0.15) is 43.5 Å². The molecular weight excluding hydrogens is 246 g/mol. The fourth-order valence-corrected chi connectivity index (χ4v) is 2.44. The molecule has 0 amide bonds. The molecule has 0 aliphatic rings. The average molecular weight is 269 g/mol. The van der Waals surface area contributed by atoms with Gasteiger partial charge in [0.25, 0.3) is 0 Å². The van der Waals surface area contributed by atoms with E-state index in [0.717, 1.165) is 12.2 Å². The van der Waals surface area contributed by atoms with Gasteiger partial charge in [0.1, 0.15) is 5.75 Å². The first-order valence-electron chi connectivity index (χ1n) is 7.19. The number of rotatable bonds is 6. The van der Waals surface area contributed by atoms with Crippen LogP contribution >= 0.6 is 0 Å². The molecule has 2 rings (SSSR count). The van der Waals surface area contributed by atoms with E-state index in [1.165, 1.54) is 11.1 Å². The Labute approximate surface area is 121 Å². The minimum absolute atomic E-state index is 0.287. The number of hydrogen-bond donors (Lipinski definition) is 1. The van der Waals surface area contributed by atoms with Crippen LogP contribution in [0.4, 0.5) is 0 Å². The lowest BCUT2D eigenvalue weighted by atomic mass is 10.0. The Hall–Kier alpha value is -1.80. The molecule has 0 saturated carbocycles. The molecule has 0 aromatic heterocycles. The van der Waals surface area contributed by atoms with Crippen molar-refractivity contribution >= 4 is 0 Å². The molecule has 1 N–H and O–H groups in total. The zero-order valence-electron chi connectivity index (χ0n) is 12.5. The molecule has 0 radical (unpaired) electrons. The number of benzene rings is 2. The van der Waals surface area contributed by atoms with E-state index in [1.807, 2.05) is 12.1 Å². The zero-order valence-corrected chi connectivity index (χ0v) is 12.5. The van der Waals surface area contributed by atoms with E-state index < -0.39 is 0 Å². The summed E-state index contributed by atoms with van der Waals surface area (Å²) in [7, 11) is 1.70. The molecule has 1 unspecified atom stereocenters. The first-order chi connectivity index (χ1) is 9.74. The zero-order chi connectivity index (χ0) is 14.4. The van der Waals surface area contributed by atoms with Gasteiger partial charge < -0.3 is 10.1 Å². The van der Waals surface area contributed by atoms with Gasteiger partial charge in [0.15, 0.2) is 0 Å². The van der Waals surface area contributed by atoms with Crippen LogP contribution < -0.4 is 10.1 Å². The van der Waals surface area contributed by atoms with E-state index in [-0.39, 0.29) is 6.04 Å². The molecule has 0 spiro atoms. The van der Waals surface area contributed by atoms with Gasteiger partial charge >= 0.3 is 0 Å². The maximum absolute atomic E-state index is 5.29. The predicted molar refractivity (Wildman–Crippen MR) is 84.0 cm³/mol. The highest BCUT2D eigenvalue weighted by molar-refractivity contribution is 5.30. The first-order valence-corrected chi connectivity index (χ1v) is 7.19. The minimum Gasteiger partial charge on any atom is -0.497 e. The van der Waals surface area contributed by atoms with Crippen molar-refractivity contribution < 1.29 is 4.74 Å². The van der Waals surface area contributed by atoms with Crippen LogP contribution in [-0.4, -0.2) is 7.11 Å². The van der Waals surface area contributed by atoms with E-state index in [1.54, 1.807) is 7.11 Å². The molecule has 0 fully saturated rings. The highest BCUT2D eigenvalue weighted by atomic mass is 16.5. The third-order valence-corrected chi connectivity index (χ3v) is 3.66. The van der Waals surface area contributed by atoms with Gasteiger partial charge in [0.05, 0.1) is 7.11 Å². The number of hydrogen-bond acceptors (Lipinski definition) is 2. The van der Waals surface area contributed by atoms with Crippen LogP contribution in [0, 0.1) is 0 Å². The molecular formula is C18H23NO. The van der Waals surface area contributed by atoms with Crippen LogP contribution in [0.3, 0.4) is 0 Å². The first kappa shape index (κ1) is 14.6. The number of methoxy groups -OCH3 is 1. The summed E-state index contributed by atoms with van der Waals surface area (Å²) in [5.41, 5.74) is 2.59. The molecule has 106 valence electrons. The fourth-order valence-electron chi connectivity index (χ4n) is 2.44. The Morgan fingerprint density at radius 1 is 1.00 bits per heavy atom. The Balaban J connectivity index is 2.11. The molecule has 0 aliphatic carbocycles. The molecule has 2 nitrogen and oxygen atoms in total. The van der Waals surface area contributed by atoms with Crippen LogP contribution in [0.15, 0.2) is 54.6 Å². The van der Waals surface area contributed by atoms with Gasteiger partial charge in [-0.15, -0.1) is 0 Å². The highest BCUT2D eigenvalue weighted by Gasteiger charge is 2.13. The lowest BCUT2D eigenvalue weighted by Crippen LogP contribution is -2.24. The molecule has 0 aliphatic heterocycles. The summed E-state index contributed by atoms with van der Waals surface area (Å²) < 4.78 is 5.29. The SMILES string of the molecule is CCC(N[C@H](C)c1cccc(OC)c1)c1ccccc1. The average Bonchev–Trinajstić information content (AvgIpc) is 2.53. The van der Waals surface area contributed by atoms with Crippen molar-refractivity contribution in [3.05, 3.63) is 65.7 Å². The maximum Gasteiger partial charge on any atom is 0.119 e. The van der Waals surface area contributed by atoms with Crippen molar-refractivity contribution in [1.29, 1.82) is 0 Å². The summed E-state index contributed by atoms with van der Waals surface area (Å²) in [6.07, 6.45) is 1.07. The molecule has 0 saturated heterocycles. The normalized spacial score (nSPS) is 13.8. The van der Waals surface area contributed by atoms with E-state index in [4.69, 9.17) is 4.74 Å². The van der Waals surface area contributed by atoms with Crippen molar-refractivity contribution in [3.8, 4) is 5.75 Å². The number of ether oxygens (including phenoxy) is 1. The van der Waals surface area contributed by atoms with Crippen LogP contribution in [-0.2, 0) is 0 Å². The summed E-state index contributed by atoms with van der Waals surface area (Å²) in [5, 5.41) is 3.69. The summed E-state index contributed by atoms with van der Waals surface area (Å²) in [5.74, 6) is 0.906. The molecule has 0 bridgehead atoms. The molecule has 2 heteroatoms. The highest BCUT2D eigenvalue weighted by Crippen LogP contribution is 2.24. The molecule has 2 aromatic carbocycles. The van der Waals surface area contributed by atoms with Crippen molar-refractivity contribution in [2.24, 2.45) is 0 Å². The fraction of sp³-hybridized carbons (Fsp3) is 0.333. The lowest BCUT2D eigenvalue weighted by molar-refractivity contribution is 0.411.